The summed E-state index contributed by atoms with van der Waals surface area (Å²) in [4.78, 5) is 0. The predicted octanol–water partition coefficient (Wildman–Crippen LogP) is 0.778. The standard InChI is InChI=1S/C12H18N2O3S/c13-18(16,17)14-8-4-7-11(14)9-12(15)10-5-2-1-3-6-10/h1-3,5-6,11-12,15H,4,7-9H2,(H2,13,16,17). The lowest BCUT2D eigenvalue weighted by Gasteiger charge is -2.24. The molecule has 0 bridgehead atoms. The number of rotatable bonds is 4. The largest absolute Gasteiger partial charge is 0.388 e. The van der Waals surface area contributed by atoms with Crippen molar-refractivity contribution in [2.24, 2.45) is 5.14 Å². The quantitative estimate of drug-likeness (QED) is 0.848. The van der Waals surface area contributed by atoms with E-state index in [1.165, 1.54) is 4.31 Å². The van der Waals surface area contributed by atoms with Gasteiger partial charge in [-0.25, -0.2) is 5.14 Å². The summed E-state index contributed by atoms with van der Waals surface area (Å²) < 4.78 is 24.1. The summed E-state index contributed by atoms with van der Waals surface area (Å²) in [5.74, 6) is 0. The average Bonchev–Trinajstić information content (AvgIpc) is 2.78. The van der Waals surface area contributed by atoms with Gasteiger partial charge in [0.2, 0.25) is 0 Å². The molecule has 0 saturated carbocycles. The zero-order valence-electron chi connectivity index (χ0n) is 10.1. The smallest absolute Gasteiger partial charge is 0.277 e. The molecule has 3 N–H and O–H groups in total. The van der Waals surface area contributed by atoms with E-state index in [-0.39, 0.29) is 6.04 Å². The fourth-order valence-electron chi connectivity index (χ4n) is 2.45. The molecule has 2 unspecified atom stereocenters. The minimum Gasteiger partial charge on any atom is -0.388 e. The van der Waals surface area contributed by atoms with Gasteiger partial charge in [0.15, 0.2) is 0 Å². The molecule has 18 heavy (non-hydrogen) atoms. The Morgan fingerprint density at radius 1 is 1.39 bits per heavy atom. The van der Waals surface area contributed by atoms with E-state index in [0.717, 1.165) is 18.4 Å². The number of nitrogens with two attached hydrogens (primary N) is 1. The molecular weight excluding hydrogens is 252 g/mol. The first-order chi connectivity index (χ1) is 8.48. The van der Waals surface area contributed by atoms with Crippen molar-refractivity contribution in [3.05, 3.63) is 35.9 Å². The number of benzene rings is 1. The highest BCUT2D eigenvalue weighted by Gasteiger charge is 2.33. The Kier molecular flexibility index (Phi) is 4.01. The van der Waals surface area contributed by atoms with Gasteiger partial charge in [0.05, 0.1) is 6.10 Å². The highest BCUT2D eigenvalue weighted by molar-refractivity contribution is 7.86. The van der Waals surface area contributed by atoms with Gasteiger partial charge in [-0.2, -0.15) is 12.7 Å². The van der Waals surface area contributed by atoms with Crippen molar-refractivity contribution >= 4 is 10.2 Å². The Morgan fingerprint density at radius 2 is 2.06 bits per heavy atom. The van der Waals surface area contributed by atoms with Gasteiger partial charge in [-0.3, -0.25) is 0 Å². The number of hydrogen-bond acceptors (Lipinski definition) is 3. The summed E-state index contributed by atoms with van der Waals surface area (Å²) in [5, 5.41) is 15.3. The second-order valence-corrected chi connectivity index (χ2v) is 6.11. The van der Waals surface area contributed by atoms with Crippen molar-refractivity contribution < 1.29 is 13.5 Å². The van der Waals surface area contributed by atoms with Crippen molar-refractivity contribution in [1.29, 1.82) is 0 Å². The summed E-state index contributed by atoms with van der Waals surface area (Å²) in [6.45, 7) is 0.449. The molecule has 1 aliphatic heterocycles. The van der Waals surface area contributed by atoms with E-state index in [0.29, 0.717) is 13.0 Å². The first-order valence-corrected chi connectivity index (χ1v) is 7.51. The Labute approximate surface area is 107 Å². The third kappa shape index (κ3) is 3.08. The molecule has 2 rings (SSSR count). The minimum absolute atomic E-state index is 0.199. The average molecular weight is 270 g/mol. The third-order valence-electron chi connectivity index (χ3n) is 3.33. The molecule has 1 aliphatic rings. The van der Waals surface area contributed by atoms with Gasteiger partial charge in [0.25, 0.3) is 10.2 Å². The SMILES string of the molecule is NS(=O)(=O)N1CCCC1CC(O)c1ccccc1. The molecule has 0 amide bonds. The highest BCUT2D eigenvalue weighted by Crippen LogP contribution is 2.28. The maximum atomic E-state index is 11.4. The van der Waals surface area contributed by atoms with Crippen molar-refractivity contribution in [3.8, 4) is 0 Å². The van der Waals surface area contributed by atoms with E-state index in [9.17, 15) is 13.5 Å². The summed E-state index contributed by atoms with van der Waals surface area (Å²) >= 11 is 0. The molecule has 1 saturated heterocycles. The van der Waals surface area contributed by atoms with Gasteiger partial charge in [-0.15, -0.1) is 0 Å². The highest BCUT2D eigenvalue weighted by atomic mass is 32.2. The van der Waals surface area contributed by atoms with Crippen LogP contribution < -0.4 is 5.14 Å². The molecule has 2 atom stereocenters. The zero-order valence-corrected chi connectivity index (χ0v) is 10.9. The van der Waals surface area contributed by atoms with Crippen LogP contribution in [0.3, 0.4) is 0 Å². The monoisotopic (exact) mass is 270 g/mol. The van der Waals surface area contributed by atoms with Crippen molar-refractivity contribution in [2.75, 3.05) is 6.54 Å². The van der Waals surface area contributed by atoms with Gasteiger partial charge < -0.3 is 5.11 Å². The Balaban J connectivity index is 2.05. The fourth-order valence-corrected chi connectivity index (χ4v) is 3.44. The number of aliphatic hydroxyl groups is 1. The van der Waals surface area contributed by atoms with E-state index < -0.39 is 16.3 Å². The summed E-state index contributed by atoms with van der Waals surface area (Å²) in [5.41, 5.74) is 0.804. The molecule has 6 heteroatoms. The Hall–Kier alpha value is -0.950. The van der Waals surface area contributed by atoms with Crippen molar-refractivity contribution in [2.45, 2.75) is 31.4 Å². The predicted molar refractivity (Wildman–Crippen MR) is 68.9 cm³/mol. The van der Waals surface area contributed by atoms with Crippen LogP contribution in [0.4, 0.5) is 0 Å². The normalized spacial score (nSPS) is 23.1. The molecule has 100 valence electrons. The molecule has 0 spiro atoms. The van der Waals surface area contributed by atoms with Crippen LogP contribution in [0.25, 0.3) is 0 Å². The van der Waals surface area contributed by atoms with Gasteiger partial charge in [-0.1, -0.05) is 30.3 Å². The lowest BCUT2D eigenvalue weighted by molar-refractivity contribution is 0.142. The van der Waals surface area contributed by atoms with Crippen LogP contribution in [-0.2, 0) is 10.2 Å². The van der Waals surface area contributed by atoms with Crippen molar-refractivity contribution in [3.63, 3.8) is 0 Å². The number of hydrogen-bond donors (Lipinski definition) is 2. The van der Waals surface area contributed by atoms with Gasteiger partial charge in [0.1, 0.15) is 0 Å². The van der Waals surface area contributed by atoms with Crippen LogP contribution in [0.15, 0.2) is 30.3 Å². The van der Waals surface area contributed by atoms with Crippen LogP contribution in [0.1, 0.15) is 30.9 Å². The van der Waals surface area contributed by atoms with E-state index in [2.05, 4.69) is 0 Å². The molecule has 1 aromatic carbocycles. The molecule has 1 aromatic rings. The summed E-state index contributed by atoms with van der Waals surface area (Å²) in [6, 6.07) is 9.05. The summed E-state index contributed by atoms with van der Waals surface area (Å²) in [7, 11) is -3.66. The second kappa shape index (κ2) is 5.36. The maximum absolute atomic E-state index is 11.4. The maximum Gasteiger partial charge on any atom is 0.277 e. The zero-order chi connectivity index (χ0) is 13.2. The molecule has 0 aliphatic carbocycles. The topological polar surface area (TPSA) is 83.6 Å². The minimum atomic E-state index is -3.66. The third-order valence-corrected chi connectivity index (χ3v) is 4.46. The van der Waals surface area contributed by atoms with Gasteiger partial charge in [-0.05, 0) is 24.8 Å². The van der Waals surface area contributed by atoms with Crippen LogP contribution in [-0.4, -0.2) is 30.4 Å². The van der Waals surface area contributed by atoms with E-state index in [1.807, 2.05) is 30.3 Å². The van der Waals surface area contributed by atoms with E-state index >= 15 is 0 Å². The second-order valence-electron chi connectivity index (χ2n) is 4.61. The number of aliphatic hydroxyl groups excluding tert-OH is 1. The molecule has 0 aromatic heterocycles. The van der Waals surface area contributed by atoms with E-state index in [4.69, 9.17) is 5.14 Å². The molecule has 0 radical (unpaired) electrons. The van der Waals surface area contributed by atoms with Gasteiger partial charge in [0, 0.05) is 12.6 Å². The van der Waals surface area contributed by atoms with E-state index in [1.54, 1.807) is 0 Å². The first kappa shape index (κ1) is 13.5. The van der Waals surface area contributed by atoms with Crippen LogP contribution in [0, 0.1) is 0 Å². The Morgan fingerprint density at radius 3 is 2.67 bits per heavy atom. The van der Waals surface area contributed by atoms with Crippen LogP contribution >= 0.6 is 0 Å². The number of nitrogens with zero attached hydrogens (tertiary/aromatic N) is 1. The van der Waals surface area contributed by atoms with Crippen molar-refractivity contribution in [1.82, 2.24) is 4.31 Å². The first-order valence-electron chi connectivity index (χ1n) is 6.01. The van der Waals surface area contributed by atoms with Crippen LogP contribution in [0.2, 0.25) is 0 Å². The summed E-state index contributed by atoms with van der Waals surface area (Å²) in [6.07, 6.45) is 1.28. The Bertz CT molecular complexity index is 489. The fraction of sp³-hybridized carbons (Fsp3) is 0.500. The lowest BCUT2D eigenvalue weighted by Crippen LogP contribution is -2.40. The molecule has 1 fully saturated rings. The lowest BCUT2D eigenvalue weighted by atomic mass is 10.0. The molecule has 5 nitrogen and oxygen atoms in total. The van der Waals surface area contributed by atoms with Crippen LogP contribution in [0.5, 0.6) is 0 Å². The molecule has 1 heterocycles. The molecular formula is C12H18N2O3S. The van der Waals surface area contributed by atoms with Gasteiger partial charge >= 0.3 is 0 Å².